The van der Waals surface area contributed by atoms with Gasteiger partial charge in [-0.25, -0.2) is 21.9 Å². The van der Waals surface area contributed by atoms with Gasteiger partial charge in [0, 0.05) is 12.0 Å². The Morgan fingerprint density at radius 2 is 1.56 bits per heavy atom. The zero-order valence-electron chi connectivity index (χ0n) is 27.5. The molecule has 0 saturated carbocycles. The van der Waals surface area contributed by atoms with E-state index in [9.17, 15) is 26.8 Å². The molecule has 2 N–H and O–H groups in total. The molecular formula is C37H39ClF2N2O5S. The molecule has 0 aliphatic rings. The Morgan fingerprint density at radius 1 is 0.854 bits per heavy atom. The van der Waals surface area contributed by atoms with Gasteiger partial charge in [0.05, 0.1) is 16.0 Å². The standard InChI is InChI=1S/C37H39ClF2N2O5S/c1-22(2)14-34(28-16-24(4)15-25(5)17-28)41-37(44)30-19-26(21-47-35-18-23(3)6-11-31(35)38)7-8-27(30)9-13-36(43)42-48(45,46)29-10-12-32(39)33(40)20-29/h6-8,10-12,15-20,22,34H,9,13-14,21H2,1-5H3,(H,41,44)(H,42,43). The van der Waals surface area contributed by atoms with Crippen LogP contribution in [0.25, 0.3) is 0 Å². The summed E-state index contributed by atoms with van der Waals surface area (Å²) in [6, 6.07) is 18.5. The number of rotatable bonds is 13. The highest BCUT2D eigenvalue weighted by Crippen LogP contribution is 2.28. The minimum absolute atomic E-state index is 0.0190. The van der Waals surface area contributed by atoms with Crippen molar-refractivity contribution in [3.05, 3.63) is 128 Å². The molecule has 0 radical (unpaired) electrons. The quantitative estimate of drug-likeness (QED) is 0.147. The van der Waals surface area contributed by atoms with E-state index in [0.717, 1.165) is 28.3 Å². The number of hydrogen-bond acceptors (Lipinski definition) is 5. The van der Waals surface area contributed by atoms with Crippen molar-refractivity contribution in [3.63, 3.8) is 0 Å². The number of carbonyl (C=O) groups excluding carboxylic acids is 2. The highest BCUT2D eigenvalue weighted by atomic mass is 35.5. The van der Waals surface area contributed by atoms with Crippen molar-refractivity contribution in [1.82, 2.24) is 10.0 Å². The predicted octanol–water partition coefficient (Wildman–Crippen LogP) is 8.08. The lowest BCUT2D eigenvalue weighted by molar-refractivity contribution is -0.119. The zero-order valence-corrected chi connectivity index (χ0v) is 29.1. The molecule has 0 saturated heterocycles. The highest BCUT2D eigenvalue weighted by Gasteiger charge is 2.23. The molecule has 0 heterocycles. The monoisotopic (exact) mass is 696 g/mol. The van der Waals surface area contributed by atoms with E-state index >= 15 is 0 Å². The topological polar surface area (TPSA) is 102 Å². The fourth-order valence-electron chi connectivity index (χ4n) is 5.37. The average molecular weight is 697 g/mol. The van der Waals surface area contributed by atoms with Crippen LogP contribution in [-0.4, -0.2) is 20.2 Å². The molecule has 0 bridgehead atoms. The molecule has 48 heavy (non-hydrogen) atoms. The number of hydrogen-bond donors (Lipinski definition) is 2. The van der Waals surface area contributed by atoms with Crippen molar-refractivity contribution >= 4 is 33.4 Å². The van der Waals surface area contributed by atoms with Crippen molar-refractivity contribution in [2.45, 2.75) is 71.4 Å². The van der Waals surface area contributed by atoms with Crippen LogP contribution in [0.15, 0.2) is 77.7 Å². The predicted molar refractivity (Wildman–Crippen MR) is 183 cm³/mol. The van der Waals surface area contributed by atoms with Crippen LogP contribution in [0.3, 0.4) is 0 Å². The van der Waals surface area contributed by atoms with E-state index in [1.165, 1.54) is 0 Å². The van der Waals surface area contributed by atoms with Crippen LogP contribution in [0.4, 0.5) is 8.78 Å². The molecule has 254 valence electrons. The first-order chi connectivity index (χ1) is 22.6. The third kappa shape index (κ3) is 9.87. The summed E-state index contributed by atoms with van der Waals surface area (Å²) in [6.07, 6.45) is 0.401. The maximum Gasteiger partial charge on any atom is 0.264 e. The van der Waals surface area contributed by atoms with Crippen LogP contribution in [-0.2, 0) is 27.8 Å². The van der Waals surface area contributed by atoms with Crippen LogP contribution >= 0.6 is 11.6 Å². The summed E-state index contributed by atoms with van der Waals surface area (Å²) in [7, 11) is -4.45. The maximum absolute atomic E-state index is 14.0. The molecule has 0 aromatic heterocycles. The first-order valence-corrected chi connectivity index (χ1v) is 17.4. The summed E-state index contributed by atoms with van der Waals surface area (Å²) in [5.41, 5.74) is 5.59. The van der Waals surface area contributed by atoms with Crippen LogP contribution in [0.2, 0.25) is 5.02 Å². The number of amides is 2. The molecule has 4 aromatic carbocycles. The van der Waals surface area contributed by atoms with E-state index in [1.807, 2.05) is 37.6 Å². The van der Waals surface area contributed by atoms with Gasteiger partial charge in [-0.2, -0.15) is 0 Å². The van der Waals surface area contributed by atoms with Gasteiger partial charge in [-0.1, -0.05) is 73.0 Å². The molecule has 0 aliphatic carbocycles. The summed E-state index contributed by atoms with van der Waals surface area (Å²) < 4.78 is 60.2. The van der Waals surface area contributed by atoms with Crippen LogP contribution in [0.5, 0.6) is 5.75 Å². The Morgan fingerprint density at radius 3 is 2.23 bits per heavy atom. The molecule has 0 fully saturated rings. The van der Waals surface area contributed by atoms with Crippen LogP contribution in [0.1, 0.15) is 76.5 Å². The van der Waals surface area contributed by atoms with Crippen molar-refractivity contribution in [2.24, 2.45) is 5.92 Å². The first-order valence-electron chi connectivity index (χ1n) is 15.5. The molecule has 4 aromatic rings. The number of sulfonamides is 1. The van der Waals surface area contributed by atoms with Crippen LogP contribution < -0.4 is 14.8 Å². The average Bonchev–Trinajstić information content (AvgIpc) is 3.00. The molecule has 0 spiro atoms. The number of nitrogens with one attached hydrogen (secondary N) is 2. The number of benzene rings is 4. The summed E-state index contributed by atoms with van der Waals surface area (Å²) in [5.74, 6) is -3.03. The summed E-state index contributed by atoms with van der Waals surface area (Å²) in [6.45, 7) is 10.2. The molecule has 7 nitrogen and oxygen atoms in total. The van der Waals surface area contributed by atoms with E-state index in [2.05, 4.69) is 37.4 Å². The molecule has 1 unspecified atom stereocenters. The Hall–Kier alpha value is -4.28. The molecule has 2 amide bonds. The maximum atomic E-state index is 14.0. The lowest BCUT2D eigenvalue weighted by Gasteiger charge is -2.23. The van der Waals surface area contributed by atoms with Crippen molar-refractivity contribution < 1.29 is 31.5 Å². The lowest BCUT2D eigenvalue weighted by Crippen LogP contribution is -2.32. The van der Waals surface area contributed by atoms with E-state index in [4.69, 9.17) is 16.3 Å². The Bertz CT molecular complexity index is 1910. The summed E-state index contributed by atoms with van der Waals surface area (Å²) >= 11 is 6.31. The molecule has 1 atom stereocenters. The zero-order chi connectivity index (χ0) is 35.2. The molecule has 11 heteroatoms. The molecular weight excluding hydrogens is 658 g/mol. The highest BCUT2D eigenvalue weighted by molar-refractivity contribution is 7.90. The first kappa shape index (κ1) is 36.6. The largest absolute Gasteiger partial charge is 0.487 e. The van der Waals surface area contributed by atoms with E-state index in [0.29, 0.717) is 46.0 Å². The lowest BCUT2D eigenvalue weighted by atomic mass is 9.93. The van der Waals surface area contributed by atoms with Gasteiger partial charge in [0.15, 0.2) is 11.6 Å². The number of carbonyl (C=O) groups is 2. The van der Waals surface area contributed by atoms with Gasteiger partial charge in [0.25, 0.3) is 15.9 Å². The third-order valence-corrected chi connectivity index (χ3v) is 9.31. The summed E-state index contributed by atoms with van der Waals surface area (Å²) in [4.78, 5) is 26.2. The van der Waals surface area contributed by atoms with Gasteiger partial charge in [0.2, 0.25) is 5.91 Å². The van der Waals surface area contributed by atoms with Gasteiger partial charge in [0.1, 0.15) is 12.4 Å². The van der Waals surface area contributed by atoms with E-state index < -0.39 is 32.5 Å². The number of aryl methyl sites for hydroxylation is 4. The van der Waals surface area contributed by atoms with Gasteiger partial charge in [-0.15, -0.1) is 0 Å². The summed E-state index contributed by atoms with van der Waals surface area (Å²) in [5, 5.41) is 3.64. The second-order valence-corrected chi connectivity index (χ2v) is 14.5. The van der Waals surface area contributed by atoms with E-state index in [-0.39, 0.29) is 37.3 Å². The normalized spacial score (nSPS) is 12.1. The van der Waals surface area contributed by atoms with Crippen molar-refractivity contribution in [1.29, 1.82) is 0 Å². The van der Waals surface area contributed by atoms with Gasteiger partial charge >= 0.3 is 0 Å². The fraction of sp³-hybridized carbons (Fsp3) is 0.297. The van der Waals surface area contributed by atoms with Gasteiger partial charge in [-0.3, -0.25) is 9.59 Å². The van der Waals surface area contributed by atoms with Gasteiger partial charge < -0.3 is 10.1 Å². The minimum Gasteiger partial charge on any atom is -0.487 e. The second-order valence-electron chi connectivity index (χ2n) is 12.4. The Kier molecular flexibility index (Phi) is 12.0. The Balaban J connectivity index is 1.60. The number of ether oxygens (including phenoxy) is 1. The number of halogens is 3. The molecule has 0 aliphatic heterocycles. The smallest absolute Gasteiger partial charge is 0.264 e. The van der Waals surface area contributed by atoms with Crippen molar-refractivity contribution in [2.75, 3.05) is 0 Å². The molecule has 4 rings (SSSR count). The SMILES string of the molecule is Cc1cc(C)cc(C(CC(C)C)NC(=O)c2cc(COc3cc(C)ccc3Cl)ccc2CCC(=O)NS(=O)(=O)c2ccc(F)c(F)c2)c1. The fourth-order valence-corrected chi connectivity index (χ4v) is 6.57. The second kappa shape index (κ2) is 15.7. The third-order valence-electron chi connectivity index (χ3n) is 7.63. The van der Waals surface area contributed by atoms with Gasteiger partial charge in [-0.05, 0) is 98.2 Å². The van der Waals surface area contributed by atoms with Crippen molar-refractivity contribution in [3.8, 4) is 5.75 Å². The van der Waals surface area contributed by atoms with Crippen LogP contribution in [0, 0.1) is 38.3 Å². The Labute approximate surface area is 285 Å². The van der Waals surface area contributed by atoms with E-state index in [1.54, 1.807) is 24.3 Å². The minimum atomic E-state index is -4.45.